The molecule has 0 atom stereocenters. The molecular formula is C12H14N6. The molecular weight excluding hydrogens is 228 g/mol. The third kappa shape index (κ3) is 1.81. The van der Waals surface area contributed by atoms with Crippen LogP contribution in [0.15, 0.2) is 24.7 Å². The minimum atomic E-state index is 0.645. The zero-order valence-corrected chi connectivity index (χ0v) is 10.3. The van der Waals surface area contributed by atoms with Gasteiger partial charge in [-0.1, -0.05) is 5.21 Å². The maximum absolute atomic E-state index is 4.36. The maximum atomic E-state index is 4.36. The van der Waals surface area contributed by atoms with Crippen molar-refractivity contribution in [2.45, 2.75) is 13.5 Å². The highest BCUT2D eigenvalue weighted by molar-refractivity contribution is 5.83. The van der Waals surface area contributed by atoms with Gasteiger partial charge in [-0.3, -0.25) is 4.68 Å². The van der Waals surface area contributed by atoms with Crippen LogP contribution >= 0.6 is 0 Å². The SMILES string of the molecule is Cc1c(NCc2cn(C)nn2)cnc2[nH]ccc12. The second-order valence-electron chi connectivity index (χ2n) is 4.27. The van der Waals surface area contributed by atoms with Crippen LogP contribution in [0.25, 0.3) is 11.0 Å². The van der Waals surface area contributed by atoms with E-state index in [1.165, 1.54) is 5.56 Å². The quantitative estimate of drug-likeness (QED) is 0.732. The number of nitrogens with one attached hydrogen (secondary N) is 2. The lowest BCUT2D eigenvalue weighted by molar-refractivity contribution is 0.713. The monoisotopic (exact) mass is 242 g/mol. The van der Waals surface area contributed by atoms with Gasteiger partial charge in [-0.2, -0.15) is 0 Å². The molecule has 3 aromatic rings. The fourth-order valence-corrected chi connectivity index (χ4v) is 1.98. The first-order valence-corrected chi connectivity index (χ1v) is 5.76. The van der Waals surface area contributed by atoms with Crippen molar-refractivity contribution in [2.24, 2.45) is 7.05 Å². The number of anilines is 1. The predicted molar refractivity (Wildman–Crippen MR) is 69.2 cm³/mol. The van der Waals surface area contributed by atoms with Gasteiger partial charge in [0.05, 0.1) is 18.4 Å². The largest absolute Gasteiger partial charge is 0.378 e. The summed E-state index contributed by atoms with van der Waals surface area (Å²) in [4.78, 5) is 7.46. The van der Waals surface area contributed by atoms with Crippen molar-refractivity contribution in [1.82, 2.24) is 25.0 Å². The van der Waals surface area contributed by atoms with Crippen molar-refractivity contribution in [3.8, 4) is 0 Å². The number of hydrogen-bond acceptors (Lipinski definition) is 4. The Hall–Kier alpha value is -2.37. The molecule has 6 heteroatoms. The summed E-state index contributed by atoms with van der Waals surface area (Å²) in [6.45, 7) is 2.73. The molecule has 0 aliphatic heterocycles. The van der Waals surface area contributed by atoms with Crippen molar-refractivity contribution in [1.29, 1.82) is 0 Å². The molecule has 0 aromatic carbocycles. The highest BCUT2D eigenvalue weighted by atomic mass is 15.4. The molecule has 2 N–H and O–H groups in total. The van der Waals surface area contributed by atoms with E-state index in [1.807, 2.05) is 31.7 Å². The summed E-state index contributed by atoms with van der Waals surface area (Å²) in [6.07, 6.45) is 5.63. The average Bonchev–Trinajstić information content (AvgIpc) is 2.97. The smallest absolute Gasteiger partial charge is 0.137 e. The molecule has 3 rings (SSSR count). The van der Waals surface area contributed by atoms with Gasteiger partial charge < -0.3 is 10.3 Å². The number of aromatic nitrogens is 5. The Labute approximate surface area is 104 Å². The summed E-state index contributed by atoms with van der Waals surface area (Å²) in [5.41, 5.74) is 4.03. The summed E-state index contributed by atoms with van der Waals surface area (Å²) in [7, 11) is 1.86. The molecule has 0 amide bonds. The minimum absolute atomic E-state index is 0.645. The molecule has 3 aromatic heterocycles. The van der Waals surface area contributed by atoms with E-state index in [-0.39, 0.29) is 0 Å². The number of H-pyrrole nitrogens is 1. The van der Waals surface area contributed by atoms with Crippen LogP contribution < -0.4 is 5.32 Å². The van der Waals surface area contributed by atoms with Crippen molar-refractivity contribution >= 4 is 16.7 Å². The number of aromatic amines is 1. The molecule has 0 aliphatic rings. The Bertz CT molecular complexity index is 681. The topological polar surface area (TPSA) is 71.4 Å². The van der Waals surface area contributed by atoms with Crippen LogP contribution in [0.2, 0.25) is 0 Å². The molecule has 0 saturated heterocycles. The van der Waals surface area contributed by atoms with Crippen LogP contribution in [0.4, 0.5) is 5.69 Å². The lowest BCUT2D eigenvalue weighted by Gasteiger charge is -2.08. The van der Waals surface area contributed by atoms with E-state index >= 15 is 0 Å². The zero-order chi connectivity index (χ0) is 12.5. The first-order valence-electron chi connectivity index (χ1n) is 5.76. The standard InChI is InChI=1S/C12H14N6/c1-8-10-3-4-13-12(10)15-6-11(8)14-5-9-7-18(2)17-16-9/h3-4,6-7,14H,5H2,1-2H3,(H,13,15). The Morgan fingerprint density at radius 3 is 3.11 bits per heavy atom. The number of aryl methyl sites for hydroxylation is 2. The van der Waals surface area contributed by atoms with Gasteiger partial charge in [0.15, 0.2) is 0 Å². The third-order valence-corrected chi connectivity index (χ3v) is 2.97. The second kappa shape index (κ2) is 4.14. The van der Waals surface area contributed by atoms with E-state index in [9.17, 15) is 0 Å². The minimum Gasteiger partial charge on any atom is -0.378 e. The summed E-state index contributed by atoms with van der Waals surface area (Å²) in [6, 6.07) is 2.03. The maximum Gasteiger partial charge on any atom is 0.137 e. The number of nitrogens with zero attached hydrogens (tertiary/aromatic N) is 4. The zero-order valence-electron chi connectivity index (χ0n) is 10.3. The van der Waals surface area contributed by atoms with E-state index in [1.54, 1.807) is 4.68 Å². The van der Waals surface area contributed by atoms with E-state index in [4.69, 9.17) is 0 Å². The lowest BCUT2D eigenvalue weighted by Crippen LogP contribution is -2.02. The molecule has 0 spiro atoms. The van der Waals surface area contributed by atoms with E-state index in [0.717, 1.165) is 22.4 Å². The van der Waals surface area contributed by atoms with E-state index in [0.29, 0.717) is 6.54 Å². The molecule has 92 valence electrons. The molecule has 0 saturated carbocycles. The predicted octanol–water partition coefficient (Wildman–Crippen LogP) is 1.61. The van der Waals surface area contributed by atoms with Gasteiger partial charge in [0.2, 0.25) is 0 Å². The Kier molecular flexibility index (Phi) is 2.47. The van der Waals surface area contributed by atoms with Crippen LogP contribution in [-0.4, -0.2) is 25.0 Å². The summed E-state index contributed by atoms with van der Waals surface area (Å²) in [5, 5.41) is 12.4. The molecule has 6 nitrogen and oxygen atoms in total. The van der Waals surface area contributed by atoms with Gasteiger partial charge in [0.1, 0.15) is 11.3 Å². The van der Waals surface area contributed by atoms with Crippen LogP contribution in [0, 0.1) is 6.92 Å². The van der Waals surface area contributed by atoms with Crippen molar-refractivity contribution in [3.63, 3.8) is 0 Å². The first kappa shape index (κ1) is 10.8. The van der Waals surface area contributed by atoms with Gasteiger partial charge in [0.25, 0.3) is 0 Å². The van der Waals surface area contributed by atoms with Gasteiger partial charge in [-0.15, -0.1) is 5.10 Å². The molecule has 0 aliphatic carbocycles. The van der Waals surface area contributed by atoms with Gasteiger partial charge in [0, 0.05) is 24.8 Å². The van der Waals surface area contributed by atoms with Crippen molar-refractivity contribution in [3.05, 3.63) is 35.9 Å². The van der Waals surface area contributed by atoms with Gasteiger partial charge in [-0.05, 0) is 18.6 Å². The van der Waals surface area contributed by atoms with Crippen molar-refractivity contribution < 1.29 is 0 Å². The Morgan fingerprint density at radius 1 is 1.44 bits per heavy atom. The fraction of sp³-hybridized carbons (Fsp3) is 0.250. The number of pyridine rings is 1. The normalized spacial score (nSPS) is 11.0. The molecule has 0 unspecified atom stereocenters. The Morgan fingerprint density at radius 2 is 2.33 bits per heavy atom. The molecule has 0 bridgehead atoms. The summed E-state index contributed by atoms with van der Waals surface area (Å²) >= 11 is 0. The fourth-order valence-electron chi connectivity index (χ4n) is 1.98. The summed E-state index contributed by atoms with van der Waals surface area (Å²) in [5.74, 6) is 0. The summed E-state index contributed by atoms with van der Waals surface area (Å²) < 4.78 is 1.69. The van der Waals surface area contributed by atoms with Crippen LogP contribution in [0.5, 0.6) is 0 Å². The van der Waals surface area contributed by atoms with Crippen molar-refractivity contribution in [2.75, 3.05) is 5.32 Å². The van der Waals surface area contributed by atoms with E-state index in [2.05, 4.69) is 32.5 Å². The van der Waals surface area contributed by atoms with E-state index < -0.39 is 0 Å². The number of fused-ring (bicyclic) bond motifs is 1. The van der Waals surface area contributed by atoms with Gasteiger partial charge >= 0.3 is 0 Å². The molecule has 3 heterocycles. The van der Waals surface area contributed by atoms with Crippen LogP contribution in [-0.2, 0) is 13.6 Å². The van der Waals surface area contributed by atoms with Gasteiger partial charge in [-0.25, -0.2) is 4.98 Å². The lowest BCUT2D eigenvalue weighted by atomic mass is 10.2. The highest BCUT2D eigenvalue weighted by Gasteiger charge is 2.06. The third-order valence-electron chi connectivity index (χ3n) is 2.97. The molecule has 18 heavy (non-hydrogen) atoms. The Balaban J connectivity index is 1.84. The molecule has 0 radical (unpaired) electrons. The average molecular weight is 242 g/mol. The second-order valence-corrected chi connectivity index (χ2v) is 4.27. The van der Waals surface area contributed by atoms with Crippen LogP contribution in [0.3, 0.4) is 0 Å². The molecule has 0 fully saturated rings. The first-order chi connectivity index (χ1) is 8.74. The highest BCUT2D eigenvalue weighted by Crippen LogP contribution is 2.22. The number of hydrogen-bond donors (Lipinski definition) is 2. The number of rotatable bonds is 3. The van der Waals surface area contributed by atoms with Crippen LogP contribution in [0.1, 0.15) is 11.3 Å².